The normalized spacial score (nSPS) is 16.3. The fourth-order valence-electron chi connectivity index (χ4n) is 6.24. The van der Waals surface area contributed by atoms with Crippen LogP contribution in [0.5, 0.6) is 0 Å². The number of alkyl carbamates (subject to hydrolysis) is 1. The van der Waals surface area contributed by atoms with Crippen molar-refractivity contribution < 1.29 is 49.2 Å². The monoisotopic (exact) mass is 797 g/mol. The molecule has 1 N–H and O–H groups in total. The zero-order valence-corrected chi connectivity index (χ0v) is 32.6. The van der Waals surface area contributed by atoms with Gasteiger partial charge < -0.3 is 23.3 Å². The molecule has 0 unspecified atom stereocenters. The molecule has 0 spiro atoms. The molecule has 15 heteroatoms. The van der Waals surface area contributed by atoms with E-state index < -0.39 is 43.8 Å². The van der Waals surface area contributed by atoms with Crippen LogP contribution in [0.1, 0.15) is 53.6 Å². The van der Waals surface area contributed by atoms with Gasteiger partial charge in [-0.3, -0.25) is 0 Å². The third kappa shape index (κ3) is 8.15. The summed E-state index contributed by atoms with van der Waals surface area (Å²) in [6.45, 7) is 10.1. The third-order valence-corrected chi connectivity index (χ3v) is 14.1. The van der Waals surface area contributed by atoms with Gasteiger partial charge in [-0.15, -0.1) is 22.7 Å². The minimum Gasteiger partial charge on any atom is -0.445 e. The van der Waals surface area contributed by atoms with Crippen molar-refractivity contribution in [3.8, 4) is 20.9 Å². The van der Waals surface area contributed by atoms with E-state index in [1.165, 1.54) is 26.0 Å². The Labute approximate surface area is 314 Å². The first-order valence-electron chi connectivity index (χ1n) is 17.2. The van der Waals surface area contributed by atoms with Gasteiger partial charge in [0, 0.05) is 63.1 Å². The van der Waals surface area contributed by atoms with Crippen LogP contribution in [0.4, 0.5) is 31.1 Å². The highest BCUT2D eigenvalue weighted by atomic mass is 32.1. The van der Waals surface area contributed by atoms with Gasteiger partial charge >= 0.3 is 32.7 Å². The minimum atomic E-state index is -5.66. The fourth-order valence-corrected chi connectivity index (χ4v) is 10.9. The predicted molar refractivity (Wildman–Crippen MR) is 199 cm³/mol. The number of allylic oxidation sites excluding steroid dienone is 2. The second kappa shape index (κ2) is 16.5. The summed E-state index contributed by atoms with van der Waals surface area (Å²) in [5, 5.41) is 2.70. The molecule has 6 nitrogen and oxygen atoms in total. The molecule has 0 saturated heterocycles. The molecule has 53 heavy (non-hydrogen) atoms. The number of rotatable bonds is 16. The number of aryl methyl sites for hydroxylation is 2. The molecule has 0 aliphatic heterocycles. The molecule has 2 aromatic carbocycles. The van der Waals surface area contributed by atoms with E-state index >= 15 is 26.3 Å². The number of amides is 1. The molecule has 2 aromatic heterocycles. The molecule has 2 heterocycles. The number of carbonyl (C=O) groups is 1. The zero-order valence-electron chi connectivity index (χ0n) is 29.9. The van der Waals surface area contributed by atoms with Crippen LogP contribution >= 0.6 is 22.7 Å². The average molecular weight is 798 g/mol. The lowest BCUT2D eigenvalue weighted by Crippen LogP contribution is -2.48. The first kappa shape index (κ1) is 40.7. The number of hydrogen-bond acceptors (Lipinski definition) is 7. The highest BCUT2D eigenvalue weighted by molar-refractivity contribution is 7.16. The molecule has 0 atom stereocenters. The number of carbonyl (C=O) groups excluding carboxylic acids is 1. The van der Waals surface area contributed by atoms with E-state index in [-0.39, 0.29) is 27.5 Å². The summed E-state index contributed by atoms with van der Waals surface area (Å²) in [5.74, 6) is -16.0. The molecule has 1 aliphatic rings. The lowest BCUT2D eigenvalue weighted by molar-refractivity contribution is -0.254. The van der Waals surface area contributed by atoms with Crippen LogP contribution in [0.3, 0.4) is 0 Å². The third-order valence-electron chi connectivity index (χ3n) is 8.73. The molecule has 0 fully saturated rings. The first-order valence-corrected chi connectivity index (χ1v) is 20.8. The Morgan fingerprint density at radius 2 is 1.19 bits per heavy atom. The van der Waals surface area contributed by atoms with E-state index in [0.29, 0.717) is 65.3 Å². The summed E-state index contributed by atoms with van der Waals surface area (Å²) >= 11 is 2.10. The molecular formula is C38H41F6NO5S2Si. The summed E-state index contributed by atoms with van der Waals surface area (Å²) in [7, 11) is -2.83. The van der Waals surface area contributed by atoms with E-state index in [1.807, 2.05) is 20.8 Å². The number of nitrogens with one attached hydrogen (secondary N) is 1. The van der Waals surface area contributed by atoms with Gasteiger partial charge in [0.05, 0.1) is 0 Å². The summed E-state index contributed by atoms with van der Waals surface area (Å²) < 4.78 is 116. The highest BCUT2D eigenvalue weighted by Gasteiger charge is 2.80. The van der Waals surface area contributed by atoms with Crippen molar-refractivity contribution in [1.82, 2.24) is 5.32 Å². The van der Waals surface area contributed by atoms with E-state index in [9.17, 15) is 4.79 Å². The van der Waals surface area contributed by atoms with Crippen LogP contribution < -0.4 is 5.32 Å². The molecule has 0 bridgehead atoms. The van der Waals surface area contributed by atoms with E-state index in [4.69, 9.17) is 18.0 Å². The van der Waals surface area contributed by atoms with E-state index in [0.717, 1.165) is 22.7 Å². The van der Waals surface area contributed by atoms with Crippen molar-refractivity contribution in [2.75, 3.05) is 26.4 Å². The number of alkyl halides is 6. The van der Waals surface area contributed by atoms with Crippen LogP contribution in [-0.2, 0) is 24.6 Å². The Morgan fingerprint density at radius 3 is 1.66 bits per heavy atom. The summed E-state index contributed by atoms with van der Waals surface area (Å²) in [6.07, 6.45) is -0.0737. The van der Waals surface area contributed by atoms with Gasteiger partial charge in [-0.2, -0.15) is 26.3 Å². The van der Waals surface area contributed by atoms with Crippen LogP contribution in [0.15, 0.2) is 66.7 Å². The van der Waals surface area contributed by atoms with Gasteiger partial charge in [0.2, 0.25) is 0 Å². The smallest absolute Gasteiger partial charge is 0.445 e. The number of hydrogen-bond donors (Lipinski definition) is 1. The van der Waals surface area contributed by atoms with Crippen LogP contribution in [0.2, 0.25) is 6.04 Å². The Bertz CT molecular complexity index is 1900. The molecule has 0 radical (unpaired) electrons. The summed E-state index contributed by atoms with van der Waals surface area (Å²) in [5.41, 5.74) is -1.60. The predicted octanol–water partition coefficient (Wildman–Crippen LogP) is 11.3. The molecule has 4 aromatic rings. The van der Waals surface area contributed by atoms with Gasteiger partial charge in [-0.1, -0.05) is 54.6 Å². The SMILES string of the molecule is CCO[Si](CCCNC(=O)OCc1ccc(-c2cc(C3=C(c4cc(-c5ccccc5)sc4C)C(F)(F)C(F)(F)C3(F)F)c(C)s2)cc1)(OCC)OCC. The second-order valence-electron chi connectivity index (χ2n) is 12.3. The van der Waals surface area contributed by atoms with Crippen LogP contribution in [0.25, 0.3) is 32.0 Å². The Morgan fingerprint density at radius 1 is 0.717 bits per heavy atom. The summed E-state index contributed by atoms with van der Waals surface area (Å²) in [4.78, 5) is 13.7. The summed E-state index contributed by atoms with van der Waals surface area (Å²) in [6, 6.07) is 18.4. The molecular weight excluding hydrogens is 757 g/mol. The van der Waals surface area contributed by atoms with E-state index in [1.54, 1.807) is 54.6 Å². The van der Waals surface area contributed by atoms with E-state index in [2.05, 4.69) is 5.32 Å². The molecule has 286 valence electrons. The molecule has 5 rings (SSSR count). The van der Waals surface area contributed by atoms with Gasteiger partial charge in [0.15, 0.2) is 0 Å². The Balaban J connectivity index is 1.32. The average Bonchev–Trinajstić information content (AvgIpc) is 3.72. The van der Waals surface area contributed by atoms with Gasteiger partial charge in [0.1, 0.15) is 6.61 Å². The largest absolute Gasteiger partial charge is 0.500 e. The maximum absolute atomic E-state index is 15.7. The lowest BCUT2D eigenvalue weighted by Gasteiger charge is -2.28. The Hall–Kier alpha value is -3.47. The molecule has 0 saturated carbocycles. The standard InChI is InChI=1S/C38H41F6NO5S2Si/c1-6-48-53(49-7-2,50-8-3)20-12-19-45-35(46)47-23-26-15-17-28(18-16-26)32-22-30(25(5)52-32)34-33(36(39,40)38(43,44)37(34,41)42)29-21-31(51-24(29)4)27-13-10-9-11-14-27/h9-11,13-18,21-22H,6-8,12,19-20,23H2,1-5H3,(H,45,46). The van der Waals surface area contributed by atoms with Crippen molar-refractivity contribution in [2.45, 2.75) is 71.5 Å². The van der Waals surface area contributed by atoms with Gasteiger partial charge in [-0.05, 0) is 81.0 Å². The fraction of sp³-hybridized carbons (Fsp3) is 0.395. The van der Waals surface area contributed by atoms with Gasteiger partial charge in [0.25, 0.3) is 0 Å². The lowest BCUT2D eigenvalue weighted by atomic mass is 9.94. The van der Waals surface area contributed by atoms with Crippen molar-refractivity contribution in [2.24, 2.45) is 0 Å². The highest BCUT2D eigenvalue weighted by Crippen LogP contribution is 2.66. The van der Waals surface area contributed by atoms with Crippen LogP contribution in [-0.4, -0.2) is 59.0 Å². The Kier molecular flexibility index (Phi) is 12.7. The van der Waals surface area contributed by atoms with Crippen molar-refractivity contribution in [1.29, 1.82) is 0 Å². The second-order valence-corrected chi connectivity index (χ2v) is 17.5. The van der Waals surface area contributed by atoms with Crippen molar-refractivity contribution in [3.63, 3.8) is 0 Å². The van der Waals surface area contributed by atoms with Gasteiger partial charge in [-0.25, -0.2) is 4.79 Å². The number of ether oxygens (including phenoxy) is 1. The minimum absolute atomic E-state index is 0.0616. The topological polar surface area (TPSA) is 66.0 Å². The number of halogens is 6. The zero-order chi connectivity index (χ0) is 38.6. The van der Waals surface area contributed by atoms with Crippen molar-refractivity contribution >= 4 is 48.7 Å². The maximum Gasteiger partial charge on any atom is 0.500 e. The number of thiophene rings is 2. The first-order chi connectivity index (χ1) is 25.1. The quantitative estimate of drug-likeness (QED) is 0.0695. The van der Waals surface area contributed by atoms with Crippen molar-refractivity contribution in [3.05, 3.63) is 93.2 Å². The van der Waals surface area contributed by atoms with Crippen LogP contribution in [0, 0.1) is 13.8 Å². The number of benzene rings is 2. The molecule has 1 aliphatic carbocycles. The maximum atomic E-state index is 15.7. The molecule has 1 amide bonds.